The molecule has 0 spiro atoms. The monoisotopic (exact) mass is 278 g/mol. The number of rotatable bonds is 3. The van der Waals surface area contributed by atoms with Gasteiger partial charge in [-0.05, 0) is 55.8 Å². The molecule has 116 valence electrons. The van der Waals surface area contributed by atoms with Gasteiger partial charge in [0.25, 0.3) is 0 Å². The van der Waals surface area contributed by atoms with Crippen molar-refractivity contribution in [3.63, 3.8) is 0 Å². The van der Waals surface area contributed by atoms with Crippen LogP contribution in [0.3, 0.4) is 0 Å². The Morgan fingerprint density at radius 3 is 2.40 bits per heavy atom. The van der Waals surface area contributed by atoms with E-state index in [1.165, 1.54) is 45.2 Å². The van der Waals surface area contributed by atoms with Crippen LogP contribution in [0.25, 0.3) is 0 Å². The van der Waals surface area contributed by atoms with Crippen molar-refractivity contribution in [2.45, 2.75) is 77.9 Å². The quantitative estimate of drug-likeness (QED) is 0.850. The molecular formula is C18H34N2. The molecule has 2 aliphatic carbocycles. The van der Waals surface area contributed by atoms with Gasteiger partial charge in [0, 0.05) is 31.2 Å². The van der Waals surface area contributed by atoms with E-state index >= 15 is 0 Å². The van der Waals surface area contributed by atoms with Crippen LogP contribution >= 0.6 is 0 Å². The van der Waals surface area contributed by atoms with Crippen LogP contribution in [0.4, 0.5) is 0 Å². The second-order valence-corrected chi connectivity index (χ2v) is 8.32. The van der Waals surface area contributed by atoms with Crippen molar-refractivity contribution in [2.24, 2.45) is 23.7 Å². The van der Waals surface area contributed by atoms with Gasteiger partial charge < -0.3 is 5.32 Å². The fraction of sp³-hybridized carbons (Fsp3) is 1.00. The number of nitrogens with zero attached hydrogens (tertiary/aromatic N) is 1. The summed E-state index contributed by atoms with van der Waals surface area (Å²) in [5.41, 5.74) is 0. The van der Waals surface area contributed by atoms with E-state index < -0.39 is 0 Å². The molecule has 2 heteroatoms. The molecule has 3 fully saturated rings. The highest BCUT2D eigenvalue weighted by atomic mass is 15.3. The Hall–Kier alpha value is -0.0800. The maximum Gasteiger partial charge on any atom is 0.0247 e. The second-order valence-electron chi connectivity index (χ2n) is 8.32. The van der Waals surface area contributed by atoms with Crippen LogP contribution in [-0.2, 0) is 0 Å². The Labute approximate surface area is 125 Å². The summed E-state index contributed by atoms with van der Waals surface area (Å²) in [6.07, 6.45) is 7.25. The van der Waals surface area contributed by atoms with Crippen LogP contribution < -0.4 is 5.32 Å². The minimum Gasteiger partial charge on any atom is -0.311 e. The van der Waals surface area contributed by atoms with Crippen LogP contribution in [0.5, 0.6) is 0 Å². The molecule has 3 aliphatic rings. The molecule has 0 amide bonds. The fourth-order valence-corrected chi connectivity index (χ4v) is 4.77. The number of nitrogens with one attached hydrogen (secondary N) is 1. The molecule has 1 heterocycles. The average Bonchev–Trinajstić information content (AvgIpc) is 3.22. The lowest BCUT2D eigenvalue weighted by Crippen LogP contribution is -2.63. The highest BCUT2D eigenvalue weighted by Crippen LogP contribution is 2.38. The summed E-state index contributed by atoms with van der Waals surface area (Å²) < 4.78 is 0. The molecule has 0 aromatic heterocycles. The Kier molecular flexibility index (Phi) is 4.42. The highest BCUT2D eigenvalue weighted by Gasteiger charge is 2.42. The van der Waals surface area contributed by atoms with Crippen molar-refractivity contribution < 1.29 is 0 Å². The van der Waals surface area contributed by atoms with E-state index in [0.717, 1.165) is 41.8 Å². The molecule has 1 N–H and O–H groups in total. The molecule has 0 aromatic carbocycles. The highest BCUT2D eigenvalue weighted by molar-refractivity contribution is 4.98. The van der Waals surface area contributed by atoms with Gasteiger partial charge in [-0.25, -0.2) is 0 Å². The van der Waals surface area contributed by atoms with Gasteiger partial charge in [0.1, 0.15) is 0 Å². The predicted molar refractivity (Wildman–Crippen MR) is 85.8 cm³/mol. The van der Waals surface area contributed by atoms with E-state index in [2.05, 4.69) is 37.9 Å². The average molecular weight is 278 g/mol. The second kappa shape index (κ2) is 5.96. The molecule has 1 aliphatic heterocycles. The SMILES string of the molecule is CC1CCC(N2CC(C3CC3)NCC2C(C)C)C(C)C1. The van der Waals surface area contributed by atoms with E-state index in [1.54, 1.807) is 0 Å². The maximum atomic E-state index is 3.86. The Morgan fingerprint density at radius 2 is 1.80 bits per heavy atom. The van der Waals surface area contributed by atoms with E-state index in [-0.39, 0.29) is 0 Å². The summed E-state index contributed by atoms with van der Waals surface area (Å²) in [5.74, 6) is 3.59. The predicted octanol–water partition coefficient (Wildman–Crippen LogP) is 3.52. The van der Waals surface area contributed by atoms with Gasteiger partial charge in [-0.2, -0.15) is 0 Å². The third-order valence-electron chi connectivity index (χ3n) is 6.20. The zero-order chi connectivity index (χ0) is 14.3. The maximum absolute atomic E-state index is 3.86. The van der Waals surface area contributed by atoms with Gasteiger partial charge >= 0.3 is 0 Å². The summed E-state index contributed by atoms with van der Waals surface area (Å²) in [7, 11) is 0. The zero-order valence-corrected chi connectivity index (χ0v) is 13.9. The largest absolute Gasteiger partial charge is 0.311 e. The van der Waals surface area contributed by atoms with Crippen LogP contribution in [0.1, 0.15) is 59.8 Å². The van der Waals surface area contributed by atoms with Gasteiger partial charge in [0.05, 0.1) is 0 Å². The minimum absolute atomic E-state index is 0.755. The topological polar surface area (TPSA) is 15.3 Å². The molecule has 0 aromatic rings. The first kappa shape index (κ1) is 14.8. The Morgan fingerprint density at radius 1 is 1.05 bits per heavy atom. The molecule has 5 atom stereocenters. The minimum atomic E-state index is 0.755. The third-order valence-corrected chi connectivity index (χ3v) is 6.20. The summed E-state index contributed by atoms with van der Waals surface area (Å²) in [5, 5.41) is 3.86. The molecular weight excluding hydrogens is 244 g/mol. The van der Waals surface area contributed by atoms with Crippen LogP contribution in [0.15, 0.2) is 0 Å². The van der Waals surface area contributed by atoms with E-state index in [1.807, 2.05) is 0 Å². The van der Waals surface area contributed by atoms with Gasteiger partial charge in [0.15, 0.2) is 0 Å². The first-order chi connectivity index (χ1) is 9.56. The summed E-state index contributed by atoms with van der Waals surface area (Å²) in [4.78, 5) is 2.93. The first-order valence-corrected chi connectivity index (χ1v) is 9.05. The molecule has 5 unspecified atom stereocenters. The number of hydrogen-bond donors (Lipinski definition) is 1. The van der Waals surface area contributed by atoms with Crippen molar-refractivity contribution in [3.8, 4) is 0 Å². The summed E-state index contributed by atoms with van der Waals surface area (Å²) in [6, 6.07) is 2.39. The molecule has 0 radical (unpaired) electrons. The summed E-state index contributed by atoms with van der Waals surface area (Å²) in [6.45, 7) is 12.3. The standard InChI is InChI=1S/C18H34N2/c1-12(2)18-10-19-16(15-6-7-15)11-20(18)17-8-5-13(3)9-14(17)4/h12-19H,5-11H2,1-4H3. The lowest BCUT2D eigenvalue weighted by atomic mass is 9.77. The van der Waals surface area contributed by atoms with Crippen molar-refractivity contribution in [2.75, 3.05) is 13.1 Å². The van der Waals surface area contributed by atoms with Crippen LogP contribution in [-0.4, -0.2) is 36.1 Å². The number of piperazine rings is 1. The van der Waals surface area contributed by atoms with Crippen molar-refractivity contribution >= 4 is 0 Å². The first-order valence-electron chi connectivity index (χ1n) is 9.05. The molecule has 2 nitrogen and oxygen atoms in total. The van der Waals surface area contributed by atoms with Crippen LogP contribution in [0.2, 0.25) is 0 Å². The van der Waals surface area contributed by atoms with E-state index in [4.69, 9.17) is 0 Å². The molecule has 20 heavy (non-hydrogen) atoms. The van der Waals surface area contributed by atoms with Gasteiger partial charge in [0.2, 0.25) is 0 Å². The zero-order valence-electron chi connectivity index (χ0n) is 13.9. The lowest BCUT2D eigenvalue weighted by Gasteiger charge is -2.50. The lowest BCUT2D eigenvalue weighted by molar-refractivity contribution is 0.00533. The van der Waals surface area contributed by atoms with Gasteiger partial charge in [-0.3, -0.25) is 4.90 Å². The molecule has 3 rings (SSSR count). The Balaban J connectivity index is 1.71. The van der Waals surface area contributed by atoms with Crippen molar-refractivity contribution in [1.29, 1.82) is 0 Å². The van der Waals surface area contributed by atoms with E-state index in [0.29, 0.717) is 0 Å². The van der Waals surface area contributed by atoms with Crippen LogP contribution in [0, 0.1) is 23.7 Å². The number of hydrogen-bond acceptors (Lipinski definition) is 2. The van der Waals surface area contributed by atoms with Gasteiger partial charge in [-0.15, -0.1) is 0 Å². The Bertz CT molecular complexity index is 323. The normalized spacial score (nSPS) is 44.0. The van der Waals surface area contributed by atoms with Crippen molar-refractivity contribution in [3.05, 3.63) is 0 Å². The molecule has 0 bridgehead atoms. The molecule has 1 saturated heterocycles. The smallest absolute Gasteiger partial charge is 0.0247 e. The van der Waals surface area contributed by atoms with Crippen molar-refractivity contribution in [1.82, 2.24) is 10.2 Å². The third kappa shape index (κ3) is 3.06. The summed E-state index contributed by atoms with van der Waals surface area (Å²) >= 11 is 0. The van der Waals surface area contributed by atoms with E-state index in [9.17, 15) is 0 Å². The van der Waals surface area contributed by atoms with Gasteiger partial charge in [-0.1, -0.05) is 27.7 Å². The molecule has 2 saturated carbocycles. The fourth-order valence-electron chi connectivity index (χ4n) is 4.77.